The maximum atomic E-state index is 13.4. The smallest absolute Gasteiger partial charge is 0.310 e. The molecular weight excluding hydrogens is 262 g/mol. The molecule has 1 aliphatic rings. The molecule has 0 bridgehead atoms. The van der Waals surface area contributed by atoms with Gasteiger partial charge in [-0.1, -0.05) is 32.0 Å². The molecule has 0 saturated heterocycles. The van der Waals surface area contributed by atoms with Crippen LogP contribution in [0, 0.1) is 23.1 Å². The predicted molar refractivity (Wildman–Crippen MR) is 71.8 cm³/mol. The molecule has 4 heteroatoms. The lowest BCUT2D eigenvalue weighted by atomic mass is 10.1. The lowest BCUT2D eigenvalue weighted by Gasteiger charge is -2.06. The van der Waals surface area contributed by atoms with Crippen LogP contribution in [0.1, 0.15) is 26.3 Å². The largest absolute Gasteiger partial charge is 0.460 e. The fraction of sp³-hybridized carbons (Fsp3) is 0.438. The molecule has 20 heavy (non-hydrogen) atoms. The molecule has 1 aromatic rings. The average molecular weight is 280 g/mol. The van der Waals surface area contributed by atoms with Crippen molar-refractivity contribution in [2.45, 2.75) is 27.4 Å². The van der Waals surface area contributed by atoms with Gasteiger partial charge in [-0.25, -0.2) is 8.78 Å². The van der Waals surface area contributed by atoms with Gasteiger partial charge in [0, 0.05) is 5.56 Å². The maximum Gasteiger partial charge on any atom is 0.310 e. The zero-order chi connectivity index (χ0) is 14.9. The number of esters is 1. The molecule has 0 amide bonds. The van der Waals surface area contributed by atoms with Crippen molar-refractivity contribution >= 4 is 5.97 Å². The van der Waals surface area contributed by atoms with E-state index in [0.29, 0.717) is 5.56 Å². The Bertz CT molecular complexity index is 545. The van der Waals surface area contributed by atoms with Gasteiger partial charge < -0.3 is 4.74 Å². The van der Waals surface area contributed by atoms with Crippen LogP contribution in [0.4, 0.5) is 8.78 Å². The van der Waals surface area contributed by atoms with E-state index in [4.69, 9.17) is 4.74 Å². The van der Waals surface area contributed by atoms with Crippen molar-refractivity contribution in [1.82, 2.24) is 0 Å². The van der Waals surface area contributed by atoms with Gasteiger partial charge in [-0.15, -0.1) is 0 Å². The number of hydrogen-bond donors (Lipinski definition) is 0. The lowest BCUT2D eigenvalue weighted by Crippen LogP contribution is -2.11. The molecule has 1 aliphatic carbocycles. The van der Waals surface area contributed by atoms with Crippen molar-refractivity contribution in [2.75, 3.05) is 0 Å². The van der Waals surface area contributed by atoms with Crippen molar-refractivity contribution < 1.29 is 18.3 Å². The molecular formula is C16H18F2O2. The SMILES string of the molecule is CC(F)=C[C@@H]1[C@@H](C(=O)OCc2ccccc2F)C1(C)C. The summed E-state index contributed by atoms with van der Waals surface area (Å²) in [4.78, 5) is 12.0. The summed E-state index contributed by atoms with van der Waals surface area (Å²) >= 11 is 0. The van der Waals surface area contributed by atoms with Gasteiger partial charge in [-0.05, 0) is 30.4 Å². The molecule has 1 aromatic carbocycles. The predicted octanol–water partition coefficient (Wildman–Crippen LogP) is 4.01. The van der Waals surface area contributed by atoms with Gasteiger partial charge in [0.05, 0.1) is 11.7 Å². The number of halogens is 2. The minimum atomic E-state index is -0.402. The van der Waals surface area contributed by atoms with Crippen LogP contribution in [0.2, 0.25) is 0 Å². The monoisotopic (exact) mass is 280 g/mol. The van der Waals surface area contributed by atoms with Crippen molar-refractivity contribution in [3.05, 3.63) is 47.5 Å². The molecule has 108 valence electrons. The Morgan fingerprint density at radius 3 is 2.65 bits per heavy atom. The third kappa shape index (κ3) is 2.89. The fourth-order valence-electron chi connectivity index (χ4n) is 2.54. The van der Waals surface area contributed by atoms with Gasteiger partial charge >= 0.3 is 5.97 Å². The summed E-state index contributed by atoms with van der Waals surface area (Å²) in [6, 6.07) is 6.16. The van der Waals surface area contributed by atoms with Gasteiger partial charge in [0.2, 0.25) is 0 Å². The van der Waals surface area contributed by atoms with Crippen LogP contribution in [-0.2, 0) is 16.1 Å². The Morgan fingerprint density at radius 2 is 2.05 bits per heavy atom. The molecule has 2 atom stereocenters. The zero-order valence-electron chi connectivity index (χ0n) is 11.8. The van der Waals surface area contributed by atoms with Crippen LogP contribution in [0.3, 0.4) is 0 Å². The van der Waals surface area contributed by atoms with Gasteiger partial charge in [-0.3, -0.25) is 4.79 Å². The highest BCUT2D eigenvalue weighted by atomic mass is 19.1. The molecule has 0 heterocycles. The van der Waals surface area contributed by atoms with Crippen LogP contribution in [0.15, 0.2) is 36.2 Å². The first-order valence-corrected chi connectivity index (χ1v) is 6.58. The van der Waals surface area contributed by atoms with Crippen molar-refractivity contribution in [1.29, 1.82) is 0 Å². The van der Waals surface area contributed by atoms with Crippen molar-refractivity contribution in [3.8, 4) is 0 Å². The minimum Gasteiger partial charge on any atom is -0.460 e. The second kappa shape index (κ2) is 5.35. The van der Waals surface area contributed by atoms with E-state index in [1.54, 1.807) is 18.2 Å². The molecule has 1 saturated carbocycles. The molecule has 0 N–H and O–H groups in total. The van der Waals surface area contributed by atoms with Crippen molar-refractivity contribution in [3.63, 3.8) is 0 Å². The molecule has 0 unspecified atom stereocenters. The van der Waals surface area contributed by atoms with Crippen LogP contribution in [0.5, 0.6) is 0 Å². The first-order chi connectivity index (χ1) is 9.34. The first kappa shape index (κ1) is 14.7. The van der Waals surface area contributed by atoms with Gasteiger partial charge in [0.25, 0.3) is 0 Å². The fourth-order valence-corrected chi connectivity index (χ4v) is 2.54. The molecule has 1 fully saturated rings. The summed E-state index contributed by atoms with van der Waals surface area (Å²) in [6.45, 7) is 5.05. The number of rotatable bonds is 4. The number of benzene rings is 1. The quantitative estimate of drug-likeness (QED) is 0.779. The van der Waals surface area contributed by atoms with Crippen LogP contribution in [0.25, 0.3) is 0 Å². The summed E-state index contributed by atoms with van der Waals surface area (Å²) in [6.07, 6.45) is 1.45. The summed E-state index contributed by atoms with van der Waals surface area (Å²) in [7, 11) is 0. The average Bonchev–Trinajstić information content (AvgIpc) is 2.88. The van der Waals surface area contributed by atoms with Crippen molar-refractivity contribution in [2.24, 2.45) is 17.3 Å². The topological polar surface area (TPSA) is 26.3 Å². The van der Waals surface area contributed by atoms with Crippen LogP contribution >= 0.6 is 0 Å². The molecule has 0 spiro atoms. The standard InChI is InChI=1S/C16H18F2O2/c1-10(17)8-12-14(16(12,2)3)15(19)20-9-11-6-4-5-7-13(11)18/h4-8,12,14H,9H2,1-3H3/t12-,14+/m1/s1. The highest BCUT2D eigenvalue weighted by molar-refractivity contribution is 5.78. The molecule has 0 radical (unpaired) electrons. The Morgan fingerprint density at radius 1 is 1.40 bits per heavy atom. The van der Waals surface area contributed by atoms with Gasteiger partial charge in [-0.2, -0.15) is 0 Å². The number of carbonyl (C=O) groups is 1. The zero-order valence-corrected chi connectivity index (χ0v) is 11.8. The van der Waals surface area contributed by atoms with E-state index >= 15 is 0 Å². The van der Waals surface area contributed by atoms with Gasteiger partial charge in [0.15, 0.2) is 0 Å². The normalized spacial score (nSPS) is 24.4. The molecule has 2 nitrogen and oxygen atoms in total. The Labute approximate surface area is 117 Å². The van der Waals surface area contributed by atoms with Crippen LogP contribution < -0.4 is 0 Å². The molecule has 0 aromatic heterocycles. The summed E-state index contributed by atoms with van der Waals surface area (Å²) in [5.41, 5.74) is 0.0349. The molecule has 2 rings (SSSR count). The van der Waals surface area contributed by atoms with E-state index in [9.17, 15) is 13.6 Å². The first-order valence-electron chi connectivity index (χ1n) is 6.58. The second-order valence-electron chi connectivity index (χ2n) is 5.78. The summed E-state index contributed by atoms with van der Waals surface area (Å²) in [5, 5.41) is 0. The third-order valence-electron chi connectivity index (χ3n) is 3.90. The van der Waals surface area contributed by atoms with E-state index in [1.807, 2.05) is 13.8 Å². The number of hydrogen-bond acceptors (Lipinski definition) is 2. The third-order valence-corrected chi connectivity index (χ3v) is 3.90. The minimum absolute atomic E-state index is 0.0941. The van der Waals surface area contributed by atoms with E-state index in [-0.39, 0.29) is 29.7 Å². The number of allylic oxidation sites excluding steroid dienone is 2. The van der Waals surface area contributed by atoms with E-state index in [0.717, 1.165) is 0 Å². The van der Waals surface area contributed by atoms with Gasteiger partial charge in [0.1, 0.15) is 12.4 Å². The van der Waals surface area contributed by atoms with E-state index < -0.39 is 11.8 Å². The Balaban J connectivity index is 1.97. The second-order valence-corrected chi connectivity index (χ2v) is 5.78. The highest BCUT2D eigenvalue weighted by Crippen LogP contribution is 2.59. The lowest BCUT2D eigenvalue weighted by molar-refractivity contribution is -0.147. The highest BCUT2D eigenvalue weighted by Gasteiger charge is 2.61. The number of ether oxygens (including phenoxy) is 1. The number of carbonyl (C=O) groups excluding carboxylic acids is 1. The Kier molecular flexibility index (Phi) is 3.93. The summed E-state index contributed by atoms with van der Waals surface area (Å²) in [5.74, 6) is -1.61. The van der Waals surface area contributed by atoms with Crippen LogP contribution in [-0.4, -0.2) is 5.97 Å². The van der Waals surface area contributed by atoms with E-state index in [2.05, 4.69) is 0 Å². The Hall–Kier alpha value is -1.71. The van der Waals surface area contributed by atoms with E-state index in [1.165, 1.54) is 19.1 Å². The maximum absolute atomic E-state index is 13.4. The molecule has 0 aliphatic heterocycles. The summed E-state index contributed by atoms with van der Waals surface area (Å²) < 4.78 is 31.5.